The van der Waals surface area contributed by atoms with Gasteiger partial charge in [0.15, 0.2) is 0 Å². The minimum absolute atomic E-state index is 0.261. The summed E-state index contributed by atoms with van der Waals surface area (Å²) in [6.45, 7) is 7.95. The SMILES string of the molecule is CC1CC(C)CC(CN)(N2CCc3sccc3C2)C1. The van der Waals surface area contributed by atoms with Gasteiger partial charge in [0, 0.05) is 30.1 Å². The fraction of sp³-hybridized carbons (Fsp3) is 0.750. The van der Waals surface area contributed by atoms with E-state index in [0.29, 0.717) is 0 Å². The molecule has 0 radical (unpaired) electrons. The quantitative estimate of drug-likeness (QED) is 0.899. The van der Waals surface area contributed by atoms with Crippen molar-refractivity contribution in [2.75, 3.05) is 13.1 Å². The van der Waals surface area contributed by atoms with Gasteiger partial charge in [-0.1, -0.05) is 13.8 Å². The molecule has 3 heteroatoms. The van der Waals surface area contributed by atoms with Crippen LogP contribution in [0.1, 0.15) is 43.6 Å². The first-order valence-corrected chi connectivity index (χ1v) is 8.51. The lowest BCUT2D eigenvalue weighted by Gasteiger charge is -2.51. The zero-order valence-corrected chi connectivity index (χ0v) is 13.0. The molecule has 1 saturated carbocycles. The molecule has 1 aliphatic heterocycles. The summed E-state index contributed by atoms with van der Waals surface area (Å²) in [4.78, 5) is 4.30. The van der Waals surface area contributed by atoms with Gasteiger partial charge in [0.25, 0.3) is 0 Å². The second kappa shape index (κ2) is 5.19. The van der Waals surface area contributed by atoms with Crippen molar-refractivity contribution >= 4 is 11.3 Å². The number of fused-ring (bicyclic) bond motifs is 1. The van der Waals surface area contributed by atoms with Crippen LogP contribution in [0, 0.1) is 11.8 Å². The third-order valence-corrected chi connectivity index (χ3v) is 6.14. The van der Waals surface area contributed by atoms with E-state index >= 15 is 0 Å². The second-order valence-corrected chi connectivity index (χ2v) is 7.82. The highest BCUT2D eigenvalue weighted by Gasteiger charge is 2.42. The van der Waals surface area contributed by atoms with E-state index in [1.807, 2.05) is 11.3 Å². The predicted molar refractivity (Wildman–Crippen MR) is 82.4 cm³/mol. The Labute approximate surface area is 121 Å². The third kappa shape index (κ3) is 2.48. The number of thiophene rings is 1. The van der Waals surface area contributed by atoms with Crippen LogP contribution < -0.4 is 5.73 Å². The summed E-state index contributed by atoms with van der Waals surface area (Å²) < 4.78 is 0. The molecule has 2 nitrogen and oxygen atoms in total. The van der Waals surface area contributed by atoms with Crippen molar-refractivity contribution in [1.29, 1.82) is 0 Å². The minimum Gasteiger partial charge on any atom is -0.329 e. The third-order valence-electron chi connectivity index (χ3n) is 5.12. The maximum Gasteiger partial charge on any atom is 0.0340 e. The second-order valence-electron chi connectivity index (χ2n) is 6.82. The van der Waals surface area contributed by atoms with Crippen LogP contribution in [0.2, 0.25) is 0 Å². The van der Waals surface area contributed by atoms with Gasteiger partial charge in [0.1, 0.15) is 0 Å². The monoisotopic (exact) mass is 278 g/mol. The first kappa shape index (κ1) is 13.6. The van der Waals surface area contributed by atoms with Crippen molar-refractivity contribution in [3.63, 3.8) is 0 Å². The van der Waals surface area contributed by atoms with Gasteiger partial charge in [-0.25, -0.2) is 0 Å². The van der Waals surface area contributed by atoms with Gasteiger partial charge in [-0.05, 0) is 54.5 Å². The zero-order valence-electron chi connectivity index (χ0n) is 12.2. The van der Waals surface area contributed by atoms with E-state index in [1.165, 1.54) is 32.2 Å². The number of nitrogens with two attached hydrogens (primary N) is 1. The van der Waals surface area contributed by atoms with E-state index in [1.54, 1.807) is 10.4 Å². The fourth-order valence-electron chi connectivity index (χ4n) is 4.44. The van der Waals surface area contributed by atoms with Crippen LogP contribution in [0.5, 0.6) is 0 Å². The van der Waals surface area contributed by atoms with Crippen molar-refractivity contribution in [1.82, 2.24) is 4.90 Å². The molecule has 0 amide bonds. The highest BCUT2D eigenvalue weighted by atomic mass is 32.1. The van der Waals surface area contributed by atoms with Crippen LogP contribution in [0.4, 0.5) is 0 Å². The molecular weight excluding hydrogens is 252 g/mol. The highest BCUT2D eigenvalue weighted by molar-refractivity contribution is 7.10. The van der Waals surface area contributed by atoms with Gasteiger partial charge < -0.3 is 5.73 Å². The van der Waals surface area contributed by atoms with Gasteiger partial charge >= 0.3 is 0 Å². The van der Waals surface area contributed by atoms with Crippen LogP contribution in [0.15, 0.2) is 11.4 Å². The summed E-state index contributed by atoms with van der Waals surface area (Å²) in [7, 11) is 0. The Morgan fingerprint density at radius 3 is 2.79 bits per heavy atom. The van der Waals surface area contributed by atoms with Crippen LogP contribution >= 0.6 is 11.3 Å². The van der Waals surface area contributed by atoms with Crippen LogP contribution in [0.3, 0.4) is 0 Å². The Bertz CT molecular complexity index is 430. The highest BCUT2D eigenvalue weighted by Crippen LogP contribution is 2.41. The Kier molecular flexibility index (Phi) is 3.71. The molecular formula is C16H26N2S. The molecule has 2 aliphatic rings. The largest absolute Gasteiger partial charge is 0.329 e. The number of hydrogen-bond donors (Lipinski definition) is 1. The smallest absolute Gasteiger partial charge is 0.0340 e. The van der Waals surface area contributed by atoms with Crippen molar-refractivity contribution in [3.8, 4) is 0 Å². The first-order chi connectivity index (χ1) is 9.13. The summed E-state index contributed by atoms with van der Waals surface area (Å²) in [6, 6.07) is 2.31. The van der Waals surface area contributed by atoms with Crippen LogP contribution in [0.25, 0.3) is 0 Å². The van der Waals surface area contributed by atoms with E-state index in [4.69, 9.17) is 5.73 Å². The summed E-state index contributed by atoms with van der Waals surface area (Å²) in [5.74, 6) is 1.63. The van der Waals surface area contributed by atoms with Gasteiger partial charge in [0.05, 0.1) is 0 Å². The molecule has 106 valence electrons. The maximum absolute atomic E-state index is 6.25. The molecule has 2 heterocycles. The summed E-state index contributed by atoms with van der Waals surface area (Å²) in [5, 5.41) is 2.25. The van der Waals surface area contributed by atoms with E-state index in [2.05, 4.69) is 30.2 Å². The van der Waals surface area contributed by atoms with Gasteiger partial charge in [0.2, 0.25) is 0 Å². The Hall–Kier alpha value is -0.380. The molecule has 2 N–H and O–H groups in total. The summed E-state index contributed by atoms with van der Waals surface area (Å²) in [5.41, 5.74) is 8.06. The molecule has 1 aliphatic carbocycles. The van der Waals surface area contributed by atoms with E-state index < -0.39 is 0 Å². The van der Waals surface area contributed by atoms with Crippen LogP contribution in [-0.4, -0.2) is 23.5 Å². The van der Waals surface area contributed by atoms with Crippen molar-refractivity contribution in [3.05, 3.63) is 21.9 Å². The normalized spacial score (nSPS) is 36.2. The van der Waals surface area contributed by atoms with E-state index in [0.717, 1.165) is 24.9 Å². The van der Waals surface area contributed by atoms with Gasteiger partial charge in [-0.15, -0.1) is 11.3 Å². The molecule has 19 heavy (non-hydrogen) atoms. The lowest BCUT2D eigenvalue weighted by molar-refractivity contribution is 0.00994. The standard InChI is InChI=1S/C16H26N2S/c1-12-7-13(2)9-16(8-12,11-17)18-5-3-15-14(10-18)4-6-19-15/h4,6,12-13H,3,5,7-11,17H2,1-2H3. The van der Waals surface area contributed by atoms with Gasteiger partial charge in [-0.2, -0.15) is 0 Å². The molecule has 3 rings (SSSR count). The van der Waals surface area contributed by atoms with Crippen molar-refractivity contribution in [2.24, 2.45) is 17.6 Å². The fourth-order valence-corrected chi connectivity index (χ4v) is 5.33. The summed E-state index contributed by atoms with van der Waals surface area (Å²) >= 11 is 1.92. The molecule has 2 atom stereocenters. The molecule has 0 saturated heterocycles. The molecule has 0 bridgehead atoms. The maximum atomic E-state index is 6.25. The topological polar surface area (TPSA) is 29.3 Å². The minimum atomic E-state index is 0.261. The molecule has 1 aromatic heterocycles. The Morgan fingerprint density at radius 1 is 1.37 bits per heavy atom. The molecule has 2 unspecified atom stereocenters. The molecule has 0 aromatic carbocycles. The van der Waals surface area contributed by atoms with Crippen LogP contribution in [-0.2, 0) is 13.0 Å². The lowest BCUT2D eigenvalue weighted by atomic mass is 9.70. The molecule has 1 fully saturated rings. The Morgan fingerprint density at radius 2 is 2.11 bits per heavy atom. The van der Waals surface area contributed by atoms with E-state index in [-0.39, 0.29) is 5.54 Å². The molecule has 1 aromatic rings. The number of hydrogen-bond acceptors (Lipinski definition) is 3. The number of rotatable bonds is 2. The van der Waals surface area contributed by atoms with Crippen molar-refractivity contribution in [2.45, 2.75) is 51.6 Å². The first-order valence-electron chi connectivity index (χ1n) is 7.63. The molecule has 0 spiro atoms. The van der Waals surface area contributed by atoms with Crippen molar-refractivity contribution < 1.29 is 0 Å². The average molecular weight is 278 g/mol. The Balaban J connectivity index is 1.83. The van der Waals surface area contributed by atoms with Gasteiger partial charge in [-0.3, -0.25) is 4.90 Å². The summed E-state index contributed by atoms with van der Waals surface area (Å²) in [6.07, 6.45) is 5.16. The zero-order chi connectivity index (χ0) is 13.5. The lowest BCUT2D eigenvalue weighted by Crippen LogP contribution is -2.58. The van der Waals surface area contributed by atoms with E-state index in [9.17, 15) is 0 Å². The predicted octanol–water partition coefficient (Wildman–Crippen LogP) is 3.26. The number of nitrogens with zero attached hydrogens (tertiary/aromatic N) is 1. The average Bonchev–Trinajstić information content (AvgIpc) is 2.84.